The lowest BCUT2D eigenvalue weighted by Crippen LogP contribution is -2.43. The Morgan fingerprint density at radius 3 is 2.61 bits per heavy atom. The van der Waals surface area contributed by atoms with E-state index in [4.69, 9.17) is 0 Å². The van der Waals surface area contributed by atoms with E-state index >= 15 is 0 Å². The van der Waals surface area contributed by atoms with Crippen LogP contribution in [0.3, 0.4) is 0 Å². The highest BCUT2D eigenvalue weighted by Gasteiger charge is 2.36. The van der Waals surface area contributed by atoms with Gasteiger partial charge in [0.25, 0.3) is 0 Å². The molecule has 23 heavy (non-hydrogen) atoms. The Morgan fingerprint density at radius 2 is 2.00 bits per heavy atom. The molecule has 1 aromatic carbocycles. The van der Waals surface area contributed by atoms with Crippen LogP contribution in [-0.4, -0.2) is 28.2 Å². The van der Waals surface area contributed by atoms with Crippen LogP contribution in [0.4, 0.5) is 0 Å². The first-order valence-electron chi connectivity index (χ1n) is 7.68. The third kappa shape index (κ3) is 3.86. The van der Waals surface area contributed by atoms with E-state index in [0.29, 0.717) is 19.4 Å². The molecule has 1 fully saturated rings. The number of thiophene rings is 1. The van der Waals surface area contributed by atoms with Crippen molar-refractivity contribution in [2.24, 2.45) is 5.92 Å². The van der Waals surface area contributed by atoms with Crippen molar-refractivity contribution in [1.82, 2.24) is 4.90 Å². The molecule has 1 N–H and O–H groups in total. The van der Waals surface area contributed by atoms with Crippen LogP contribution in [0.1, 0.15) is 30.1 Å². The number of rotatable bonds is 6. The number of amides is 1. The van der Waals surface area contributed by atoms with Crippen molar-refractivity contribution < 1.29 is 14.7 Å². The zero-order valence-corrected chi connectivity index (χ0v) is 13.5. The largest absolute Gasteiger partial charge is 0.387 e. The number of nitrogens with zero attached hydrogens (tertiary/aromatic N) is 1. The Hall–Kier alpha value is -1.98. The molecular formula is C18H19NO3S. The van der Waals surface area contributed by atoms with Gasteiger partial charge in [-0.1, -0.05) is 30.3 Å². The van der Waals surface area contributed by atoms with Crippen LogP contribution in [0.2, 0.25) is 0 Å². The van der Waals surface area contributed by atoms with E-state index in [1.54, 1.807) is 4.90 Å². The molecule has 1 aliphatic carbocycles. The van der Waals surface area contributed by atoms with Crippen molar-refractivity contribution >= 4 is 23.0 Å². The van der Waals surface area contributed by atoms with Gasteiger partial charge in [-0.2, -0.15) is 11.3 Å². The Labute approximate surface area is 139 Å². The lowest BCUT2D eigenvalue weighted by Gasteiger charge is -2.32. The molecule has 1 amide bonds. The van der Waals surface area contributed by atoms with Crippen molar-refractivity contribution in [2.45, 2.75) is 25.5 Å². The predicted molar refractivity (Wildman–Crippen MR) is 88.9 cm³/mol. The molecule has 0 aliphatic heterocycles. The quantitative estimate of drug-likeness (QED) is 0.886. The molecule has 1 unspecified atom stereocenters. The van der Waals surface area contributed by atoms with Gasteiger partial charge in [-0.15, -0.1) is 0 Å². The summed E-state index contributed by atoms with van der Waals surface area (Å²) in [6.07, 6.45) is -0.0400. The molecule has 0 radical (unpaired) electrons. The minimum Gasteiger partial charge on any atom is -0.387 e. The number of aliphatic hydroxyl groups is 1. The first-order valence-corrected chi connectivity index (χ1v) is 8.62. The summed E-state index contributed by atoms with van der Waals surface area (Å²) < 4.78 is 0. The zero-order chi connectivity index (χ0) is 16.2. The fourth-order valence-corrected chi connectivity index (χ4v) is 3.44. The second-order valence-corrected chi connectivity index (χ2v) is 6.70. The number of carbonyl (C=O) groups is 2. The molecule has 2 aromatic rings. The average molecular weight is 329 g/mol. The average Bonchev–Trinajstić information content (AvgIpc) is 3.06. The Kier molecular flexibility index (Phi) is 4.88. The summed E-state index contributed by atoms with van der Waals surface area (Å²) in [7, 11) is 0. The summed E-state index contributed by atoms with van der Waals surface area (Å²) in [6, 6.07) is 11.6. The van der Waals surface area contributed by atoms with Crippen LogP contribution in [0.25, 0.3) is 0 Å². The predicted octanol–water partition coefficient (Wildman–Crippen LogP) is 2.79. The SMILES string of the molecule is O=C1CC(C(=O)N(Cc2ccccc2)CC(O)c2ccsc2)C1. The van der Waals surface area contributed by atoms with Gasteiger partial charge in [0, 0.05) is 19.4 Å². The van der Waals surface area contributed by atoms with Crippen molar-refractivity contribution in [2.75, 3.05) is 6.54 Å². The number of carbonyl (C=O) groups excluding carboxylic acids is 2. The van der Waals surface area contributed by atoms with Gasteiger partial charge in [-0.25, -0.2) is 0 Å². The Morgan fingerprint density at radius 1 is 1.26 bits per heavy atom. The van der Waals surface area contributed by atoms with Gasteiger partial charge in [-0.3, -0.25) is 9.59 Å². The topological polar surface area (TPSA) is 57.6 Å². The van der Waals surface area contributed by atoms with Gasteiger partial charge in [0.05, 0.1) is 18.6 Å². The van der Waals surface area contributed by atoms with E-state index in [1.807, 2.05) is 47.2 Å². The smallest absolute Gasteiger partial charge is 0.226 e. The third-order valence-corrected chi connectivity index (χ3v) is 4.85. The normalized spacial score (nSPS) is 16.0. The minimum absolute atomic E-state index is 0.0391. The summed E-state index contributed by atoms with van der Waals surface area (Å²) in [6.45, 7) is 0.695. The summed E-state index contributed by atoms with van der Waals surface area (Å²) in [5, 5.41) is 14.2. The molecule has 0 bridgehead atoms. The molecule has 1 saturated carbocycles. The van der Waals surface area contributed by atoms with E-state index in [-0.39, 0.29) is 24.2 Å². The van der Waals surface area contributed by atoms with Crippen LogP contribution in [0, 0.1) is 5.92 Å². The van der Waals surface area contributed by atoms with Gasteiger partial charge < -0.3 is 10.0 Å². The summed E-state index contributed by atoms with van der Waals surface area (Å²) in [5.74, 6) is -0.120. The highest BCUT2D eigenvalue weighted by molar-refractivity contribution is 7.07. The second-order valence-electron chi connectivity index (χ2n) is 5.92. The summed E-state index contributed by atoms with van der Waals surface area (Å²) >= 11 is 1.52. The van der Waals surface area contributed by atoms with Gasteiger partial charge in [0.15, 0.2) is 0 Å². The monoisotopic (exact) mass is 329 g/mol. The first-order chi connectivity index (χ1) is 11.1. The van der Waals surface area contributed by atoms with Crippen molar-refractivity contribution in [3.8, 4) is 0 Å². The fraction of sp³-hybridized carbons (Fsp3) is 0.333. The molecule has 3 rings (SSSR count). The fourth-order valence-electron chi connectivity index (χ4n) is 2.74. The van der Waals surface area contributed by atoms with E-state index in [1.165, 1.54) is 11.3 Å². The molecule has 1 heterocycles. The third-order valence-electron chi connectivity index (χ3n) is 4.15. The van der Waals surface area contributed by atoms with E-state index in [2.05, 4.69) is 0 Å². The summed E-state index contributed by atoms with van der Waals surface area (Å²) in [5.41, 5.74) is 1.84. The van der Waals surface area contributed by atoms with Crippen LogP contribution in [-0.2, 0) is 16.1 Å². The van der Waals surface area contributed by atoms with Crippen LogP contribution >= 0.6 is 11.3 Å². The molecule has 1 atom stereocenters. The number of ketones is 1. The number of aliphatic hydroxyl groups excluding tert-OH is 1. The molecule has 1 aliphatic rings. The van der Waals surface area contributed by atoms with E-state index in [0.717, 1.165) is 11.1 Å². The number of benzene rings is 1. The van der Waals surface area contributed by atoms with Gasteiger partial charge in [-0.05, 0) is 28.0 Å². The number of hydrogen-bond donors (Lipinski definition) is 1. The molecular weight excluding hydrogens is 310 g/mol. The number of hydrogen-bond acceptors (Lipinski definition) is 4. The maximum absolute atomic E-state index is 12.6. The van der Waals surface area contributed by atoms with Crippen LogP contribution in [0.15, 0.2) is 47.2 Å². The van der Waals surface area contributed by atoms with Crippen molar-refractivity contribution in [1.29, 1.82) is 0 Å². The van der Waals surface area contributed by atoms with Gasteiger partial charge in [0.1, 0.15) is 5.78 Å². The van der Waals surface area contributed by atoms with Crippen molar-refractivity contribution in [3.05, 3.63) is 58.3 Å². The Balaban J connectivity index is 1.72. The van der Waals surface area contributed by atoms with Crippen LogP contribution < -0.4 is 0 Å². The molecule has 120 valence electrons. The highest BCUT2D eigenvalue weighted by Crippen LogP contribution is 2.27. The molecule has 0 saturated heterocycles. The Bertz CT molecular complexity index is 661. The minimum atomic E-state index is -0.704. The molecule has 0 spiro atoms. The van der Waals surface area contributed by atoms with Crippen LogP contribution in [0.5, 0.6) is 0 Å². The molecule has 4 nitrogen and oxygen atoms in total. The number of Topliss-reactive ketones (excluding diaryl/α,β-unsaturated/α-hetero) is 1. The lowest BCUT2D eigenvalue weighted by atomic mass is 9.83. The van der Waals surface area contributed by atoms with Gasteiger partial charge >= 0.3 is 0 Å². The standard InChI is InChI=1S/C18H19NO3S/c20-16-8-15(9-16)18(22)19(10-13-4-2-1-3-5-13)11-17(21)14-6-7-23-12-14/h1-7,12,15,17,21H,8-11H2. The van der Waals surface area contributed by atoms with Gasteiger partial charge in [0.2, 0.25) is 5.91 Å². The van der Waals surface area contributed by atoms with Crippen molar-refractivity contribution in [3.63, 3.8) is 0 Å². The molecule has 1 aromatic heterocycles. The maximum Gasteiger partial charge on any atom is 0.226 e. The maximum atomic E-state index is 12.6. The van der Waals surface area contributed by atoms with E-state index in [9.17, 15) is 14.7 Å². The van der Waals surface area contributed by atoms with E-state index < -0.39 is 6.10 Å². The molecule has 5 heteroatoms. The lowest BCUT2D eigenvalue weighted by molar-refractivity contribution is -0.146. The highest BCUT2D eigenvalue weighted by atomic mass is 32.1. The zero-order valence-electron chi connectivity index (χ0n) is 12.7. The summed E-state index contributed by atoms with van der Waals surface area (Å²) in [4.78, 5) is 25.5. The first kappa shape index (κ1) is 15.9. The second kappa shape index (κ2) is 7.06.